The second kappa shape index (κ2) is 9.13. The van der Waals surface area contributed by atoms with Crippen LogP contribution >= 0.6 is 11.8 Å². The average molecular weight is 444 g/mol. The Kier molecular flexibility index (Phi) is 6.33. The monoisotopic (exact) mass is 443 g/mol. The van der Waals surface area contributed by atoms with Crippen LogP contribution in [0, 0.1) is 0 Å². The summed E-state index contributed by atoms with van der Waals surface area (Å²) in [5, 5.41) is 4.57. The van der Waals surface area contributed by atoms with Crippen LogP contribution < -0.4 is 5.32 Å². The molecule has 0 unspecified atom stereocenters. The molecule has 0 spiro atoms. The van der Waals surface area contributed by atoms with Crippen molar-refractivity contribution < 1.29 is 17.9 Å². The van der Waals surface area contributed by atoms with E-state index >= 15 is 0 Å². The summed E-state index contributed by atoms with van der Waals surface area (Å²) in [5.41, 5.74) is 1.32. The molecule has 1 aliphatic rings. The van der Waals surface area contributed by atoms with Crippen LogP contribution in [0.1, 0.15) is 0 Å². The molecule has 9 heteroatoms. The van der Waals surface area contributed by atoms with Crippen LogP contribution in [0.3, 0.4) is 0 Å². The lowest BCUT2D eigenvalue weighted by Gasteiger charge is -2.26. The van der Waals surface area contributed by atoms with Crippen molar-refractivity contribution in [3.8, 4) is 0 Å². The molecule has 1 aromatic heterocycles. The van der Waals surface area contributed by atoms with Crippen LogP contribution in [0.5, 0.6) is 0 Å². The smallest absolute Gasteiger partial charge is 0.243 e. The van der Waals surface area contributed by atoms with E-state index in [4.69, 9.17) is 4.74 Å². The highest BCUT2D eigenvalue weighted by molar-refractivity contribution is 7.99. The minimum Gasteiger partial charge on any atom is -0.379 e. The first-order valence-electron chi connectivity index (χ1n) is 9.49. The van der Waals surface area contributed by atoms with Crippen LogP contribution in [-0.2, 0) is 19.6 Å². The zero-order chi connectivity index (χ0) is 21.0. The van der Waals surface area contributed by atoms with Crippen LogP contribution in [0.4, 0.5) is 5.69 Å². The van der Waals surface area contributed by atoms with Gasteiger partial charge in [-0.05, 0) is 30.3 Å². The predicted molar refractivity (Wildman–Crippen MR) is 117 cm³/mol. The van der Waals surface area contributed by atoms with Crippen LogP contribution in [-0.4, -0.2) is 55.7 Å². The Morgan fingerprint density at radius 3 is 2.70 bits per heavy atom. The zero-order valence-electron chi connectivity index (χ0n) is 16.2. The van der Waals surface area contributed by atoms with Crippen molar-refractivity contribution in [2.75, 3.05) is 37.4 Å². The molecular weight excluding hydrogens is 422 g/mol. The third kappa shape index (κ3) is 4.81. The second-order valence-corrected chi connectivity index (χ2v) is 9.66. The summed E-state index contributed by atoms with van der Waals surface area (Å²) in [4.78, 5) is 17.1. The third-order valence-electron chi connectivity index (χ3n) is 4.65. The van der Waals surface area contributed by atoms with Gasteiger partial charge in [0.1, 0.15) is 0 Å². The molecule has 156 valence electrons. The normalized spacial score (nSPS) is 15.2. The summed E-state index contributed by atoms with van der Waals surface area (Å²) in [5.74, 6) is -0.0536. The topological polar surface area (TPSA) is 88.6 Å². The Labute approximate surface area is 179 Å². The van der Waals surface area contributed by atoms with Gasteiger partial charge in [0.25, 0.3) is 0 Å². The number of nitrogens with zero attached hydrogens (tertiary/aromatic N) is 2. The number of ether oxygens (including phenoxy) is 1. The van der Waals surface area contributed by atoms with Crippen LogP contribution in [0.2, 0.25) is 0 Å². The van der Waals surface area contributed by atoms with Gasteiger partial charge in [-0.25, -0.2) is 13.4 Å². The molecule has 1 fully saturated rings. The number of rotatable bonds is 6. The molecule has 30 heavy (non-hydrogen) atoms. The number of para-hydroxylation sites is 1. The highest BCUT2D eigenvalue weighted by Crippen LogP contribution is 2.22. The van der Waals surface area contributed by atoms with E-state index in [1.807, 2.05) is 36.4 Å². The van der Waals surface area contributed by atoms with Gasteiger partial charge < -0.3 is 10.1 Å². The largest absolute Gasteiger partial charge is 0.379 e. The van der Waals surface area contributed by atoms with Crippen molar-refractivity contribution >= 4 is 44.3 Å². The highest BCUT2D eigenvalue weighted by Gasteiger charge is 2.26. The van der Waals surface area contributed by atoms with E-state index in [-0.39, 0.29) is 16.6 Å². The van der Waals surface area contributed by atoms with Crippen molar-refractivity contribution in [3.63, 3.8) is 0 Å². The molecule has 0 aliphatic carbocycles. The average Bonchev–Trinajstić information content (AvgIpc) is 2.78. The number of aromatic nitrogens is 1. The van der Waals surface area contributed by atoms with Gasteiger partial charge in [-0.2, -0.15) is 4.31 Å². The fourth-order valence-corrected chi connectivity index (χ4v) is 5.27. The van der Waals surface area contributed by atoms with E-state index in [0.29, 0.717) is 32.0 Å². The van der Waals surface area contributed by atoms with Crippen LogP contribution in [0.25, 0.3) is 10.9 Å². The number of anilines is 1. The summed E-state index contributed by atoms with van der Waals surface area (Å²) in [6.45, 7) is 1.42. The van der Waals surface area contributed by atoms with Gasteiger partial charge in [-0.3, -0.25) is 4.79 Å². The number of benzene rings is 2. The molecule has 1 saturated heterocycles. The Morgan fingerprint density at radius 2 is 1.87 bits per heavy atom. The number of morpholine rings is 1. The van der Waals surface area contributed by atoms with Gasteiger partial charge in [0, 0.05) is 24.2 Å². The lowest BCUT2D eigenvalue weighted by Crippen LogP contribution is -2.40. The van der Waals surface area contributed by atoms with Crippen molar-refractivity contribution in [1.82, 2.24) is 9.29 Å². The maximum Gasteiger partial charge on any atom is 0.243 e. The first-order chi connectivity index (χ1) is 14.5. The zero-order valence-corrected chi connectivity index (χ0v) is 17.8. The number of carbonyl (C=O) groups excluding carboxylic acids is 1. The number of amides is 1. The van der Waals surface area contributed by atoms with Crippen molar-refractivity contribution in [2.24, 2.45) is 0 Å². The Balaban J connectivity index is 1.40. The van der Waals surface area contributed by atoms with E-state index < -0.39 is 10.0 Å². The van der Waals surface area contributed by atoms with E-state index in [0.717, 1.165) is 15.9 Å². The number of hydrogen-bond acceptors (Lipinski definition) is 6. The molecule has 1 N–H and O–H groups in total. The SMILES string of the molecule is O=C(CSc1ccc2ccccc2n1)Nc1cccc(S(=O)(=O)N2CCOCC2)c1. The number of sulfonamides is 1. The fraction of sp³-hybridized carbons (Fsp3) is 0.238. The molecular formula is C21H21N3O4S2. The molecule has 2 aromatic carbocycles. The number of pyridine rings is 1. The van der Waals surface area contributed by atoms with Crippen LogP contribution in [0.15, 0.2) is 70.6 Å². The molecule has 1 aliphatic heterocycles. The molecule has 0 saturated carbocycles. The minimum absolute atomic E-state index is 0.158. The van der Waals surface area contributed by atoms with Crippen molar-refractivity contribution in [2.45, 2.75) is 9.92 Å². The molecule has 1 amide bonds. The minimum atomic E-state index is -3.61. The van der Waals surface area contributed by atoms with Crippen molar-refractivity contribution in [3.05, 3.63) is 60.7 Å². The van der Waals surface area contributed by atoms with Crippen molar-refractivity contribution in [1.29, 1.82) is 0 Å². The van der Waals surface area contributed by atoms with E-state index in [2.05, 4.69) is 10.3 Å². The highest BCUT2D eigenvalue weighted by atomic mass is 32.2. The maximum atomic E-state index is 12.8. The first kappa shape index (κ1) is 20.8. The van der Waals surface area contributed by atoms with Gasteiger partial charge in [-0.15, -0.1) is 0 Å². The summed E-state index contributed by atoms with van der Waals surface area (Å²) in [6.07, 6.45) is 0. The van der Waals surface area contributed by atoms with Gasteiger partial charge in [0.2, 0.25) is 15.9 Å². The second-order valence-electron chi connectivity index (χ2n) is 6.72. The molecule has 3 aromatic rings. The van der Waals surface area contributed by atoms with E-state index in [1.165, 1.54) is 28.2 Å². The van der Waals surface area contributed by atoms with E-state index in [1.54, 1.807) is 12.1 Å². The molecule has 4 rings (SSSR count). The number of fused-ring (bicyclic) bond motifs is 1. The summed E-state index contributed by atoms with van der Waals surface area (Å²) in [7, 11) is -3.61. The van der Waals surface area contributed by atoms with E-state index in [9.17, 15) is 13.2 Å². The maximum absolute atomic E-state index is 12.8. The number of thioether (sulfide) groups is 1. The van der Waals surface area contributed by atoms with Gasteiger partial charge in [0.05, 0.1) is 34.4 Å². The lowest BCUT2D eigenvalue weighted by molar-refractivity contribution is -0.113. The molecule has 0 bridgehead atoms. The number of carbonyl (C=O) groups is 1. The van der Waals surface area contributed by atoms with Gasteiger partial charge in [-0.1, -0.05) is 42.1 Å². The number of nitrogens with one attached hydrogen (secondary N) is 1. The fourth-order valence-electron chi connectivity index (χ4n) is 3.13. The Hall–Kier alpha value is -2.46. The number of hydrogen-bond donors (Lipinski definition) is 1. The quantitative estimate of drug-likeness (QED) is 0.589. The lowest BCUT2D eigenvalue weighted by atomic mass is 10.2. The van der Waals surface area contributed by atoms with Gasteiger partial charge >= 0.3 is 0 Å². The first-order valence-corrected chi connectivity index (χ1v) is 11.9. The molecule has 2 heterocycles. The molecule has 7 nitrogen and oxygen atoms in total. The summed E-state index contributed by atoms with van der Waals surface area (Å²) in [6, 6.07) is 18.0. The Morgan fingerprint density at radius 1 is 1.07 bits per heavy atom. The van der Waals surface area contributed by atoms with Gasteiger partial charge in [0.15, 0.2) is 0 Å². The standard InChI is InChI=1S/C21H21N3O4S2/c25-20(15-29-21-9-8-16-4-1-2-7-19(16)23-21)22-17-5-3-6-18(14-17)30(26,27)24-10-12-28-13-11-24/h1-9,14H,10-13,15H2,(H,22,25). The third-order valence-corrected chi connectivity index (χ3v) is 7.47. The predicted octanol–water partition coefficient (Wildman–Crippen LogP) is 2.99. The molecule has 0 radical (unpaired) electrons. The summed E-state index contributed by atoms with van der Waals surface area (Å²) < 4.78 is 32.2. The Bertz CT molecular complexity index is 1160. The molecule has 0 atom stereocenters. The summed E-state index contributed by atoms with van der Waals surface area (Å²) >= 11 is 1.33.